The maximum Gasteiger partial charge on any atom is 0.333 e. The summed E-state index contributed by atoms with van der Waals surface area (Å²) in [6, 6.07) is 8.00. The van der Waals surface area contributed by atoms with E-state index in [4.69, 9.17) is 0 Å². The third kappa shape index (κ3) is 3.01. The minimum Gasteiger partial charge on any atom is -0.478 e. The van der Waals surface area contributed by atoms with Crippen LogP contribution in [0.5, 0.6) is 0 Å². The number of H-pyrrole nitrogens is 1. The average molecular weight is 347 g/mol. The number of carboxylic acids is 1. The summed E-state index contributed by atoms with van der Waals surface area (Å²) in [6.07, 6.45) is 0. The summed E-state index contributed by atoms with van der Waals surface area (Å²) >= 11 is 2.35. The van der Waals surface area contributed by atoms with Gasteiger partial charge in [-0.3, -0.25) is 4.79 Å². The fourth-order valence-corrected chi connectivity index (χ4v) is 4.69. The van der Waals surface area contributed by atoms with E-state index < -0.39 is 11.9 Å². The molecule has 0 saturated carbocycles. The highest BCUT2D eigenvalue weighted by atomic mass is 32.2. The van der Waals surface area contributed by atoms with Crippen molar-refractivity contribution in [1.29, 1.82) is 0 Å². The van der Waals surface area contributed by atoms with E-state index in [9.17, 15) is 14.7 Å². The summed E-state index contributed by atoms with van der Waals surface area (Å²) in [6.45, 7) is 6.41. The lowest BCUT2D eigenvalue weighted by Gasteiger charge is -2.23. The number of aliphatic carboxylic acids is 1. The Labute approximate surface area is 142 Å². The van der Waals surface area contributed by atoms with Crippen LogP contribution in [0.4, 0.5) is 0 Å². The Morgan fingerprint density at radius 3 is 2.43 bits per heavy atom. The van der Waals surface area contributed by atoms with Crippen LogP contribution in [0.25, 0.3) is 0 Å². The van der Waals surface area contributed by atoms with Crippen LogP contribution < -0.4 is 4.87 Å². The number of carboxylic acid groups (broad SMARTS) is 1. The summed E-state index contributed by atoms with van der Waals surface area (Å²) in [5.74, 6) is -1.35. The van der Waals surface area contributed by atoms with E-state index in [0.29, 0.717) is 5.57 Å². The fourth-order valence-electron chi connectivity index (χ4n) is 2.62. The number of rotatable bonds is 2. The number of benzene rings is 1. The Bertz CT molecular complexity index is 838. The minimum atomic E-state index is -0.950. The van der Waals surface area contributed by atoms with Gasteiger partial charge in [-0.25, -0.2) is 4.79 Å². The van der Waals surface area contributed by atoms with Crippen LogP contribution in [-0.2, 0) is 10.2 Å². The molecule has 1 aromatic heterocycles. The molecule has 2 N–H and O–H groups in total. The van der Waals surface area contributed by atoms with E-state index in [-0.39, 0.29) is 10.3 Å². The van der Waals surface area contributed by atoms with E-state index >= 15 is 0 Å². The van der Waals surface area contributed by atoms with Gasteiger partial charge < -0.3 is 10.1 Å². The zero-order chi connectivity index (χ0) is 16.8. The molecule has 2 heterocycles. The highest BCUT2D eigenvalue weighted by molar-refractivity contribution is 8.02. The van der Waals surface area contributed by atoms with Crippen molar-refractivity contribution >= 4 is 29.1 Å². The number of thioether (sulfide) groups is 1. The van der Waals surface area contributed by atoms with Crippen molar-refractivity contribution in [2.75, 3.05) is 0 Å². The van der Waals surface area contributed by atoms with Gasteiger partial charge in [0, 0.05) is 0 Å². The number of thiazole rings is 1. The van der Waals surface area contributed by atoms with Crippen molar-refractivity contribution in [3.63, 3.8) is 0 Å². The second-order valence-corrected chi connectivity index (χ2v) is 8.40. The molecule has 1 aliphatic heterocycles. The molecular formula is C17H17NO3S2. The van der Waals surface area contributed by atoms with Crippen LogP contribution in [-0.4, -0.2) is 16.1 Å². The summed E-state index contributed by atoms with van der Waals surface area (Å²) in [5, 5.41) is 11.9. The Balaban J connectivity index is 2.10. The second-order valence-electron chi connectivity index (χ2n) is 6.51. The quantitative estimate of drug-likeness (QED) is 0.863. The lowest BCUT2D eigenvalue weighted by Crippen LogP contribution is -2.15. The Morgan fingerprint density at radius 2 is 1.87 bits per heavy atom. The normalized spacial score (nSPS) is 17.5. The third-order valence-electron chi connectivity index (χ3n) is 3.88. The van der Waals surface area contributed by atoms with Crippen LogP contribution in [0.15, 0.2) is 45.1 Å². The van der Waals surface area contributed by atoms with E-state index in [2.05, 4.69) is 25.8 Å². The van der Waals surface area contributed by atoms with Crippen LogP contribution in [0, 0.1) is 0 Å². The zero-order valence-electron chi connectivity index (χ0n) is 13.0. The maximum absolute atomic E-state index is 11.7. The van der Waals surface area contributed by atoms with E-state index in [1.165, 1.54) is 17.3 Å². The van der Waals surface area contributed by atoms with Crippen LogP contribution in [0.1, 0.15) is 42.7 Å². The highest BCUT2D eigenvalue weighted by Crippen LogP contribution is 2.44. The van der Waals surface area contributed by atoms with Crippen molar-refractivity contribution in [3.8, 4) is 0 Å². The number of carbonyl (C=O) groups is 1. The molecule has 6 heteroatoms. The predicted molar refractivity (Wildman–Crippen MR) is 93.5 cm³/mol. The first-order valence-electron chi connectivity index (χ1n) is 7.21. The molecule has 0 bridgehead atoms. The number of hydrogen-bond donors (Lipinski definition) is 2. The molecule has 0 radical (unpaired) electrons. The molecule has 1 atom stereocenters. The molecule has 1 unspecified atom stereocenters. The number of fused-ring (bicyclic) bond motifs is 1. The van der Waals surface area contributed by atoms with E-state index in [0.717, 1.165) is 26.8 Å². The van der Waals surface area contributed by atoms with Crippen molar-refractivity contribution in [3.05, 3.63) is 60.9 Å². The molecule has 3 rings (SSSR count). The topological polar surface area (TPSA) is 70.2 Å². The van der Waals surface area contributed by atoms with E-state index in [1.54, 1.807) is 5.41 Å². The first-order chi connectivity index (χ1) is 10.8. The van der Waals surface area contributed by atoms with Gasteiger partial charge in [0.15, 0.2) is 0 Å². The number of hydrogen-bond acceptors (Lipinski definition) is 4. The molecule has 2 aromatic rings. The predicted octanol–water partition coefficient (Wildman–Crippen LogP) is 3.94. The monoisotopic (exact) mass is 347 g/mol. The third-order valence-corrected chi connectivity index (χ3v) is 5.88. The van der Waals surface area contributed by atoms with Gasteiger partial charge >= 0.3 is 10.8 Å². The van der Waals surface area contributed by atoms with Crippen LogP contribution >= 0.6 is 23.1 Å². The summed E-state index contributed by atoms with van der Waals surface area (Å²) in [7, 11) is 0. The maximum atomic E-state index is 11.7. The second kappa shape index (κ2) is 5.69. The van der Waals surface area contributed by atoms with Gasteiger partial charge in [-0.05, 0) is 21.9 Å². The molecule has 120 valence electrons. The lowest BCUT2D eigenvalue weighted by molar-refractivity contribution is -0.132. The fraction of sp³-hybridized carbons (Fsp3) is 0.294. The number of aromatic amines is 1. The van der Waals surface area contributed by atoms with Crippen molar-refractivity contribution < 1.29 is 9.90 Å². The first kappa shape index (κ1) is 16.1. The van der Waals surface area contributed by atoms with Gasteiger partial charge in [0.05, 0.1) is 21.4 Å². The average Bonchev–Trinajstić information content (AvgIpc) is 2.85. The number of nitrogens with one attached hydrogen (secondary N) is 1. The Kier molecular flexibility index (Phi) is 3.98. The Morgan fingerprint density at radius 1 is 1.22 bits per heavy atom. The zero-order valence-corrected chi connectivity index (χ0v) is 14.7. The summed E-state index contributed by atoms with van der Waals surface area (Å²) in [5.41, 5.74) is 2.43. The van der Waals surface area contributed by atoms with Crippen LogP contribution in [0.3, 0.4) is 0 Å². The van der Waals surface area contributed by atoms with Crippen LogP contribution in [0.2, 0.25) is 0 Å². The van der Waals surface area contributed by atoms with Crippen molar-refractivity contribution in [1.82, 2.24) is 4.98 Å². The van der Waals surface area contributed by atoms with Crippen molar-refractivity contribution in [2.24, 2.45) is 0 Å². The smallest absolute Gasteiger partial charge is 0.333 e. The van der Waals surface area contributed by atoms with Gasteiger partial charge in [-0.1, -0.05) is 68.1 Å². The standard InChI is InChI=1S/C17H17NO3S2/c1-17(2,3)10-6-4-9(5-7-10)12-11(15(19)20)8-22-14-13(12)23-16(21)18-14/h4-8,12H,1-3H3,(H,18,21)(H,19,20). The number of aromatic nitrogens is 1. The molecule has 0 fully saturated rings. The molecule has 1 aromatic carbocycles. The minimum absolute atomic E-state index is 0.0382. The lowest BCUT2D eigenvalue weighted by atomic mass is 9.84. The summed E-state index contributed by atoms with van der Waals surface area (Å²) in [4.78, 5) is 26.7. The molecule has 0 amide bonds. The van der Waals surface area contributed by atoms with Gasteiger partial charge in [0.25, 0.3) is 0 Å². The van der Waals surface area contributed by atoms with Gasteiger partial charge in [0.1, 0.15) is 0 Å². The van der Waals surface area contributed by atoms with E-state index in [1.807, 2.05) is 24.3 Å². The summed E-state index contributed by atoms with van der Waals surface area (Å²) < 4.78 is 0. The van der Waals surface area contributed by atoms with Gasteiger partial charge in [-0.15, -0.1) is 0 Å². The molecule has 0 aliphatic carbocycles. The molecular weight excluding hydrogens is 330 g/mol. The van der Waals surface area contributed by atoms with Gasteiger partial charge in [0.2, 0.25) is 0 Å². The molecule has 4 nitrogen and oxygen atoms in total. The molecule has 23 heavy (non-hydrogen) atoms. The molecule has 0 spiro atoms. The first-order valence-corrected chi connectivity index (χ1v) is 8.90. The van der Waals surface area contributed by atoms with Crippen molar-refractivity contribution in [2.45, 2.75) is 37.1 Å². The largest absolute Gasteiger partial charge is 0.478 e. The SMILES string of the molecule is CC(C)(C)c1ccc(C2C(C(=O)O)=CSc3[nH]c(=O)sc32)cc1. The molecule has 1 aliphatic rings. The Hall–Kier alpha value is -1.79. The molecule has 0 saturated heterocycles. The highest BCUT2D eigenvalue weighted by Gasteiger charge is 2.32. The van der Waals surface area contributed by atoms with Gasteiger partial charge in [-0.2, -0.15) is 0 Å².